The van der Waals surface area contributed by atoms with Crippen LogP contribution in [0.15, 0.2) is 24.3 Å². The van der Waals surface area contributed by atoms with Crippen molar-refractivity contribution in [3.05, 3.63) is 35.6 Å². The van der Waals surface area contributed by atoms with E-state index in [-0.39, 0.29) is 23.3 Å². The molecule has 1 aliphatic rings. The Balaban J connectivity index is 2.36. The molecule has 1 atom stereocenters. The van der Waals surface area contributed by atoms with Crippen LogP contribution in [0.5, 0.6) is 0 Å². The van der Waals surface area contributed by atoms with E-state index in [4.69, 9.17) is 0 Å². The third-order valence-electron chi connectivity index (χ3n) is 3.58. The van der Waals surface area contributed by atoms with Gasteiger partial charge in [-0.1, -0.05) is 26.0 Å². The molecule has 1 fully saturated rings. The molecule has 1 N–H and O–H groups in total. The highest BCUT2D eigenvalue weighted by molar-refractivity contribution is 5.37. The van der Waals surface area contributed by atoms with Crippen molar-refractivity contribution < 1.29 is 9.50 Å². The van der Waals surface area contributed by atoms with Crippen LogP contribution in [0.25, 0.3) is 0 Å². The first-order valence-electron chi connectivity index (χ1n) is 4.89. The van der Waals surface area contributed by atoms with Gasteiger partial charge in [-0.15, -0.1) is 0 Å². The quantitative estimate of drug-likeness (QED) is 0.766. The van der Waals surface area contributed by atoms with Gasteiger partial charge in [0.15, 0.2) is 0 Å². The van der Waals surface area contributed by atoms with Crippen LogP contribution in [-0.2, 0) is 5.41 Å². The lowest BCUT2D eigenvalue weighted by Crippen LogP contribution is -2.19. The lowest BCUT2D eigenvalue weighted by atomic mass is 9.89. The van der Waals surface area contributed by atoms with Crippen LogP contribution in [0.3, 0.4) is 0 Å². The maximum absolute atomic E-state index is 12.7. The molecule has 1 aliphatic carbocycles. The Morgan fingerprint density at radius 1 is 1.29 bits per heavy atom. The van der Waals surface area contributed by atoms with Crippen molar-refractivity contribution in [3.8, 4) is 0 Å². The van der Waals surface area contributed by atoms with Crippen LogP contribution in [0.1, 0.15) is 25.8 Å². The minimum Gasteiger partial charge on any atom is -0.395 e. The van der Waals surface area contributed by atoms with E-state index < -0.39 is 0 Å². The monoisotopic (exact) mass is 194 g/mol. The number of rotatable bonds is 2. The largest absolute Gasteiger partial charge is 0.395 e. The van der Waals surface area contributed by atoms with Crippen LogP contribution < -0.4 is 0 Å². The van der Waals surface area contributed by atoms with Crippen molar-refractivity contribution >= 4 is 0 Å². The molecule has 14 heavy (non-hydrogen) atoms. The highest BCUT2D eigenvalue weighted by Crippen LogP contribution is 2.63. The van der Waals surface area contributed by atoms with Gasteiger partial charge < -0.3 is 5.11 Å². The predicted molar refractivity (Wildman–Crippen MR) is 53.6 cm³/mol. The Labute approximate surface area is 83.6 Å². The van der Waals surface area contributed by atoms with Crippen molar-refractivity contribution in [2.75, 3.05) is 6.61 Å². The summed E-state index contributed by atoms with van der Waals surface area (Å²) in [7, 11) is 0. The molecule has 0 bridgehead atoms. The molecule has 1 aromatic rings. The number of aliphatic hydroxyl groups is 1. The van der Waals surface area contributed by atoms with Crippen LogP contribution >= 0.6 is 0 Å². The molecule has 1 unspecified atom stereocenters. The van der Waals surface area contributed by atoms with Crippen molar-refractivity contribution in [2.45, 2.75) is 25.7 Å². The zero-order chi connectivity index (χ0) is 10.4. The summed E-state index contributed by atoms with van der Waals surface area (Å²) >= 11 is 0. The lowest BCUT2D eigenvalue weighted by molar-refractivity contribution is 0.231. The summed E-state index contributed by atoms with van der Waals surface area (Å²) in [5, 5.41) is 9.42. The first kappa shape index (κ1) is 9.66. The number of aliphatic hydroxyl groups excluding tert-OH is 1. The minimum absolute atomic E-state index is 0.138. The van der Waals surface area contributed by atoms with Crippen LogP contribution in [0.4, 0.5) is 4.39 Å². The first-order chi connectivity index (χ1) is 6.52. The molecule has 1 aromatic carbocycles. The van der Waals surface area contributed by atoms with E-state index >= 15 is 0 Å². The highest BCUT2D eigenvalue weighted by Gasteiger charge is 2.61. The second kappa shape index (κ2) is 2.80. The van der Waals surface area contributed by atoms with Gasteiger partial charge in [-0.25, -0.2) is 4.39 Å². The Kier molecular flexibility index (Phi) is 1.93. The second-order valence-electron chi connectivity index (χ2n) is 4.81. The van der Waals surface area contributed by atoms with Gasteiger partial charge in [0.25, 0.3) is 0 Å². The van der Waals surface area contributed by atoms with Gasteiger partial charge in [0.05, 0.1) is 6.61 Å². The Morgan fingerprint density at radius 3 is 2.14 bits per heavy atom. The molecule has 0 aliphatic heterocycles. The van der Waals surface area contributed by atoms with Crippen molar-refractivity contribution in [1.29, 1.82) is 0 Å². The third kappa shape index (κ3) is 1.17. The maximum atomic E-state index is 12.7. The molecule has 0 heterocycles. The van der Waals surface area contributed by atoms with E-state index in [0.717, 1.165) is 12.0 Å². The standard InChI is InChI=1S/C12H15FO/c1-11(2)7-12(11,8-14)9-3-5-10(13)6-4-9/h3-6,14H,7-8H2,1-2H3. The zero-order valence-corrected chi connectivity index (χ0v) is 8.55. The lowest BCUT2D eigenvalue weighted by Gasteiger charge is -2.18. The summed E-state index contributed by atoms with van der Waals surface area (Å²) in [5.41, 5.74) is 1.05. The van der Waals surface area contributed by atoms with Gasteiger partial charge in [0.2, 0.25) is 0 Å². The molecule has 0 saturated heterocycles. The van der Waals surface area contributed by atoms with Crippen LogP contribution in [0, 0.1) is 11.2 Å². The van der Waals surface area contributed by atoms with Crippen molar-refractivity contribution in [1.82, 2.24) is 0 Å². The molecule has 0 aromatic heterocycles. The molecule has 0 radical (unpaired) electrons. The fraction of sp³-hybridized carbons (Fsp3) is 0.500. The predicted octanol–water partition coefficient (Wildman–Crippen LogP) is 2.49. The van der Waals surface area contributed by atoms with E-state index in [1.165, 1.54) is 12.1 Å². The summed E-state index contributed by atoms with van der Waals surface area (Å²) < 4.78 is 12.7. The number of hydrogen-bond donors (Lipinski definition) is 1. The van der Waals surface area contributed by atoms with Crippen LogP contribution in [0.2, 0.25) is 0 Å². The SMILES string of the molecule is CC1(C)CC1(CO)c1ccc(F)cc1. The smallest absolute Gasteiger partial charge is 0.123 e. The number of hydrogen-bond acceptors (Lipinski definition) is 1. The Bertz CT molecular complexity index is 342. The summed E-state index contributed by atoms with van der Waals surface area (Å²) in [6.45, 7) is 4.41. The molecular formula is C12H15FO. The number of benzene rings is 1. The van der Waals surface area contributed by atoms with Gasteiger partial charge in [-0.2, -0.15) is 0 Å². The van der Waals surface area contributed by atoms with E-state index in [1.54, 1.807) is 12.1 Å². The molecule has 2 rings (SSSR count). The summed E-state index contributed by atoms with van der Waals surface area (Å²) in [6, 6.07) is 6.48. The maximum Gasteiger partial charge on any atom is 0.123 e. The first-order valence-corrected chi connectivity index (χ1v) is 4.89. The fourth-order valence-corrected chi connectivity index (χ4v) is 2.33. The average Bonchev–Trinajstić information content (AvgIpc) is 2.71. The van der Waals surface area contributed by atoms with Gasteiger partial charge in [-0.3, -0.25) is 0 Å². The van der Waals surface area contributed by atoms with E-state index in [0.29, 0.717) is 0 Å². The van der Waals surface area contributed by atoms with Gasteiger partial charge >= 0.3 is 0 Å². The van der Waals surface area contributed by atoms with Crippen molar-refractivity contribution in [3.63, 3.8) is 0 Å². The van der Waals surface area contributed by atoms with Gasteiger partial charge in [0, 0.05) is 5.41 Å². The molecule has 1 saturated carbocycles. The topological polar surface area (TPSA) is 20.2 Å². The molecule has 0 spiro atoms. The normalized spacial score (nSPS) is 28.9. The van der Waals surface area contributed by atoms with Crippen molar-refractivity contribution in [2.24, 2.45) is 5.41 Å². The fourth-order valence-electron chi connectivity index (χ4n) is 2.33. The highest BCUT2D eigenvalue weighted by atomic mass is 19.1. The Morgan fingerprint density at radius 2 is 1.79 bits per heavy atom. The molecule has 2 heteroatoms. The van der Waals surface area contributed by atoms with E-state index in [9.17, 15) is 9.50 Å². The molecule has 0 amide bonds. The number of halogens is 1. The summed E-state index contributed by atoms with van der Waals surface area (Å²) in [6.07, 6.45) is 0.974. The van der Waals surface area contributed by atoms with E-state index in [1.807, 2.05) is 0 Å². The molecule has 76 valence electrons. The second-order valence-corrected chi connectivity index (χ2v) is 4.81. The van der Waals surface area contributed by atoms with Crippen LogP contribution in [-0.4, -0.2) is 11.7 Å². The van der Waals surface area contributed by atoms with Gasteiger partial charge in [0.1, 0.15) is 5.82 Å². The minimum atomic E-state index is -0.222. The molecular weight excluding hydrogens is 179 g/mol. The summed E-state index contributed by atoms with van der Waals surface area (Å²) in [4.78, 5) is 0. The van der Waals surface area contributed by atoms with Gasteiger partial charge in [-0.05, 0) is 29.5 Å². The third-order valence-corrected chi connectivity index (χ3v) is 3.58. The zero-order valence-electron chi connectivity index (χ0n) is 8.55. The molecule has 1 nitrogen and oxygen atoms in total. The average molecular weight is 194 g/mol. The van der Waals surface area contributed by atoms with E-state index in [2.05, 4.69) is 13.8 Å². The summed E-state index contributed by atoms with van der Waals surface area (Å²) in [5.74, 6) is -0.222. The Hall–Kier alpha value is -0.890.